The summed E-state index contributed by atoms with van der Waals surface area (Å²) in [6.45, 7) is 10.5. The van der Waals surface area contributed by atoms with Crippen LogP contribution in [0.1, 0.15) is 27.2 Å². The third-order valence-electron chi connectivity index (χ3n) is 3.79. The first-order chi connectivity index (χ1) is 9.11. The van der Waals surface area contributed by atoms with Crippen LogP contribution in [0.2, 0.25) is 0 Å². The maximum Gasteiger partial charge on any atom is 0.229 e. The number of nitrogens with one attached hydrogen (secondary N) is 1. The van der Waals surface area contributed by atoms with Gasteiger partial charge < -0.3 is 15.0 Å². The average molecular weight is 286 g/mol. The van der Waals surface area contributed by atoms with E-state index >= 15 is 0 Å². The fraction of sp³-hybridized carbons (Fsp3) is 0.929. The molecule has 0 saturated carbocycles. The molecule has 1 N–H and O–H groups in total. The van der Waals surface area contributed by atoms with E-state index in [1.165, 1.54) is 0 Å². The lowest BCUT2D eigenvalue weighted by Gasteiger charge is -2.36. The van der Waals surface area contributed by atoms with E-state index in [0.717, 1.165) is 26.1 Å². The molecule has 19 heavy (non-hydrogen) atoms. The Morgan fingerprint density at radius 2 is 2.00 bits per heavy atom. The van der Waals surface area contributed by atoms with Gasteiger partial charge in [0.05, 0.1) is 19.1 Å². The number of thioether (sulfide) groups is 1. The first-order valence-electron chi connectivity index (χ1n) is 7.37. The van der Waals surface area contributed by atoms with Crippen LogP contribution in [0.5, 0.6) is 0 Å². The highest BCUT2D eigenvalue weighted by molar-refractivity contribution is 8.00. The van der Waals surface area contributed by atoms with E-state index < -0.39 is 0 Å². The molecule has 4 unspecified atom stereocenters. The zero-order valence-electron chi connectivity index (χ0n) is 12.2. The lowest BCUT2D eigenvalue weighted by molar-refractivity contribution is -0.136. The predicted molar refractivity (Wildman–Crippen MR) is 79.5 cm³/mol. The molecule has 0 bridgehead atoms. The minimum Gasteiger partial charge on any atom is -0.379 e. The molecule has 2 fully saturated rings. The molecule has 5 heteroatoms. The lowest BCUT2D eigenvalue weighted by atomic mass is 10.0. The van der Waals surface area contributed by atoms with Crippen LogP contribution >= 0.6 is 11.8 Å². The van der Waals surface area contributed by atoms with Gasteiger partial charge in [0.25, 0.3) is 0 Å². The van der Waals surface area contributed by atoms with Gasteiger partial charge in [-0.2, -0.15) is 11.8 Å². The van der Waals surface area contributed by atoms with Gasteiger partial charge in [0, 0.05) is 29.6 Å². The monoisotopic (exact) mass is 286 g/mol. The maximum atomic E-state index is 12.7. The van der Waals surface area contributed by atoms with Crippen LogP contribution in [0.25, 0.3) is 0 Å². The van der Waals surface area contributed by atoms with Crippen molar-refractivity contribution in [1.29, 1.82) is 0 Å². The summed E-state index contributed by atoms with van der Waals surface area (Å²) in [6.07, 6.45) is 1.09. The van der Waals surface area contributed by atoms with Crippen LogP contribution in [0.4, 0.5) is 0 Å². The Kier molecular flexibility index (Phi) is 5.54. The van der Waals surface area contributed by atoms with Crippen molar-refractivity contribution in [2.45, 2.75) is 43.7 Å². The van der Waals surface area contributed by atoms with E-state index in [1.54, 1.807) is 0 Å². The van der Waals surface area contributed by atoms with E-state index in [0.29, 0.717) is 23.7 Å². The van der Waals surface area contributed by atoms with Crippen LogP contribution in [0.15, 0.2) is 0 Å². The second-order valence-corrected chi connectivity index (χ2v) is 7.59. The highest BCUT2D eigenvalue weighted by Crippen LogP contribution is 2.27. The number of nitrogens with zero attached hydrogens (tertiary/aromatic N) is 1. The second kappa shape index (κ2) is 6.95. The Labute approximate surface area is 120 Å². The Balaban J connectivity index is 1.94. The summed E-state index contributed by atoms with van der Waals surface area (Å²) in [5.41, 5.74) is 0. The molecule has 2 rings (SSSR count). The summed E-state index contributed by atoms with van der Waals surface area (Å²) in [5, 5.41) is 4.52. The van der Waals surface area contributed by atoms with Crippen molar-refractivity contribution in [3.8, 4) is 0 Å². The van der Waals surface area contributed by atoms with Gasteiger partial charge in [0.1, 0.15) is 0 Å². The van der Waals surface area contributed by atoms with E-state index in [2.05, 4.69) is 26.1 Å². The molecule has 1 amide bonds. The number of carbonyl (C=O) groups is 1. The summed E-state index contributed by atoms with van der Waals surface area (Å²) in [7, 11) is 0. The number of amides is 1. The first kappa shape index (κ1) is 15.1. The molecule has 2 aliphatic heterocycles. The van der Waals surface area contributed by atoms with Crippen LogP contribution in [0.3, 0.4) is 0 Å². The van der Waals surface area contributed by atoms with Crippen LogP contribution in [-0.4, -0.2) is 60.2 Å². The number of rotatable bonds is 4. The third-order valence-corrected chi connectivity index (χ3v) is 5.01. The van der Waals surface area contributed by atoms with Crippen LogP contribution < -0.4 is 5.32 Å². The average Bonchev–Trinajstić information content (AvgIpc) is 2.82. The fourth-order valence-electron chi connectivity index (χ4n) is 2.92. The van der Waals surface area contributed by atoms with Gasteiger partial charge in [-0.3, -0.25) is 4.79 Å². The number of hydrogen-bond acceptors (Lipinski definition) is 4. The van der Waals surface area contributed by atoms with E-state index in [-0.39, 0.29) is 17.9 Å². The summed E-state index contributed by atoms with van der Waals surface area (Å²) in [5.74, 6) is 0.291. The predicted octanol–water partition coefficient (Wildman–Crippen LogP) is 1.35. The smallest absolute Gasteiger partial charge is 0.229 e. The van der Waals surface area contributed by atoms with E-state index in [9.17, 15) is 4.79 Å². The molecule has 0 spiro atoms. The normalized spacial score (nSPS) is 35.6. The quantitative estimate of drug-likeness (QED) is 0.847. The molecule has 0 radical (unpaired) electrons. The van der Waals surface area contributed by atoms with Crippen LogP contribution in [-0.2, 0) is 9.53 Å². The van der Waals surface area contributed by atoms with E-state index in [1.807, 2.05) is 16.7 Å². The van der Waals surface area contributed by atoms with Crippen molar-refractivity contribution < 1.29 is 9.53 Å². The summed E-state index contributed by atoms with van der Waals surface area (Å²) in [6, 6.07) is 0.202. The third kappa shape index (κ3) is 3.86. The van der Waals surface area contributed by atoms with Gasteiger partial charge in [0.2, 0.25) is 5.91 Å². The maximum absolute atomic E-state index is 12.7. The minimum absolute atomic E-state index is 0.00838. The number of hydrogen-bond donors (Lipinski definition) is 1. The summed E-state index contributed by atoms with van der Waals surface area (Å²) >= 11 is 1.98. The summed E-state index contributed by atoms with van der Waals surface area (Å²) < 4.78 is 5.52. The topological polar surface area (TPSA) is 41.6 Å². The minimum atomic E-state index is 0.00838. The van der Waals surface area contributed by atoms with Crippen molar-refractivity contribution >= 4 is 17.7 Å². The van der Waals surface area contributed by atoms with Gasteiger partial charge >= 0.3 is 0 Å². The van der Waals surface area contributed by atoms with Gasteiger partial charge in [-0.25, -0.2) is 0 Å². The van der Waals surface area contributed by atoms with Crippen molar-refractivity contribution in [1.82, 2.24) is 10.2 Å². The number of ether oxygens (including phenoxy) is 1. The zero-order valence-corrected chi connectivity index (χ0v) is 13.0. The van der Waals surface area contributed by atoms with Gasteiger partial charge in [-0.15, -0.1) is 0 Å². The molecule has 2 heterocycles. The number of carbonyl (C=O) groups excluding carboxylic acids is 1. The standard InChI is InChI=1S/C14H26N2O2S/c1-4-5-15-13-9-18-8-12(13)14(17)16-6-10(2)19-11(3)7-16/h10-13,15H,4-9H2,1-3H3. The molecule has 110 valence electrons. The van der Waals surface area contributed by atoms with Crippen molar-refractivity contribution in [2.75, 3.05) is 32.8 Å². The molecular weight excluding hydrogens is 260 g/mol. The molecule has 4 nitrogen and oxygen atoms in total. The molecular formula is C14H26N2O2S. The molecule has 4 atom stereocenters. The largest absolute Gasteiger partial charge is 0.379 e. The zero-order chi connectivity index (χ0) is 13.8. The second-order valence-electron chi connectivity index (χ2n) is 5.71. The van der Waals surface area contributed by atoms with Gasteiger partial charge in [0.15, 0.2) is 0 Å². The van der Waals surface area contributed by atoms with Crippen LogP contribution in [0, 0.1) is 5.92 Å². The Hall–Kier alpha value is -0.260. The van der Waals surface area contributed by atoms with Crippen molar-refractivity contribution in [3.63, 3.8) is 0 Å². The first-order valence-corrected chi connectivity index (χ1v) is 8.31. The molecule has 2 saturated heterocycles. The highest BCUT2D eigenvalue weighted by Gasteiger charge is 2.38. The summed E-state index contributed by atoms with van der Waals surface area (Å²) in [4.78, 5) is 14.7. The van der Waals surface area contributed by atoms with Crippen molar-refractivity contribution in [2.24, 2.45) is 5.92 Å². The van der Waals surface area contributed by atoms with Gasteiger partial charge in [-0.1, -0.05) is 20.8 Å². The fourth-order valence-corrected chi connectivity index (χ4v) is 4.25. The lowest BCUT2D eigenvalue weighted by Crippen LogP contribution is -2.51. The van der Waals surface area contributed by atoms with E-state index in [4.69, 9.17) is 4.74 Å². The molecule has 0 aromatic carbocycles. The molecule has 0 aliphatic carbocycles. The Morgan fingerprint density at radius 3 is 2.63 bits per heavy atom. The molecule has 0 aromatic heterocycles. The van der Waals surface area contributed by atoms with Crippen molar-refractivity contribution in [3.05, 3.63) is 0 Å². The van der Waals surface area contributed by atoms with Gasteiger partial charge in [-0.05, 0) is 13.0 Å². The Bertz CT molecular complexity index is 304. The highest BCUT2D eigenvalue weighted by atomic mass is 32.2. The molecule has 2 aliphatic rings. The Morgan fingerprint density at radius 1 is 1.32 bits per heavy atom. The molecule has 0 aromatic rings. The SMILES string of the molecule is CCCNC1COCC1C(=O)N1CC(C)SC(C)C1.